The van der Waals surface area contributed by atoms with Gasteiger partial charge in [0.05, 0.1) is 5.02 Å². The smallest absolute Gasteiger partial charge is 0.308 e. The SMILES string of the molecule is CC(=O)Oc1cc(Cl)c(OC(C)=O)cc1C. The maximum Gasteiger partial charge on any atom is 0.308 e. The first-order valence-corrected chi connectivity index (χ1v) is 4.95. The average molecular weight is 243 g/mol. The van der Waals surface area contributed by atoms with E-state index in [9.17, 15) is 9.59 Å². The topological polar surface area (TPSA) is 52.6 Å². The normalized spacial score (nSPS) is 9.75. The summed E-state index contributed by atoms with van der Waals surface area (Å²) in [5.74, 6) is -0.281. The van der Waals surface area contributed by atoms with E-state index in [-0.39, 0.29) is 10.8 Å². The van der Waals surface area contributed by atoms with Crippen LogP contribution in [0.15, 0.2) is 12.1 Å². The average Bonchev–Trinajstić information content (AvgIpc) is 2.11. The minimum absolute atomic E-state index is 0.219. The van der Waals surface area contributed by atoms with Crippen LogP contribution in [0, 0.1) is 6.92 Å². The number of rotatable bonds is 2. The Hall–Kier alpha value is -1.55. The predicted molar refractivity (Wildman–Crippen MR) is 58.8 cm³/mol. The van der Waals surface area contributed by atoms with E-state index in [4.69, 9.17) is 21.1 Å². The molecule has 1 aromatic rings. The molecule has 0 aromatic heterocycles. The van der Waals surface area contributed by atoms with Gasteiger partial charge in [0.25, 0.3) is 0 Å². The summed E-state index contributed by atoms with van der Waals surface area (Å²) in [4.78, 5) is 21.6. The van der Waals surface area contributed by atoms with Gasteiger partial charge in [0.15, 0.2) is 0 Å². The largest absolute Gasteiger partial charge is 0.426 e. The molecule has 0 atom stereocenters. The summed E-state index contributed by atoms with van der Waals surface area (Å²) < 4.78 is 9.80. The molecule has 16 heavy (non-hydrogen) atoms. The number of halogens is 1. The fraction of sp³-hybridized carbons (Fsp3) is 0.273. The minimum Gasteiger partial charge on any atom is -0.426 e. The van der Waals surface area contributed by atoms with Gasteiger partial charge in [0.1, 0.15) is 11.5 Å². The molecular weight excluding hydrogens is 232 g/mol. The van der Waals surface area contributed by atoms with Crippen LogP contribution in [0.3, 0.4) is 0 Å². The van der Waals surface area contributed by atoms with E-state index < -0.39 is 11.9 Å². The number of aryl methyl sites for hydroxylation is 1. The van der Waals surface area contributed by atoms with Gasteiger partial charge in [0, 0.05) is 19.9 Å². The lowest BCUT2D eigenvalue weighted by molar-refractivity contribution is -0.133. The van der Waals surface area contributed by atoms with E-state index in [1.807, 2.05) is 0 Å². The van der Waals surface area contributed by atoms with Crippen LogP contribution in [-0.2, 0) is 9.59 Å². The molecule has 4 nitrogen and oxygen atoms in total. The third-order valence-corrected chi connectivity index (χ3v) is 2.03. The van der Waals surface area contributed by atoms with E-state index in [1.54, 1.807) is 13.0 Å². The van der Waals surface area contributed by atoms with E-state index in [0.29, 0.717) is 11.3 Å². The van der Waals surface area contributed by atoms with Crippen LogP contribution in [-0.4, -0.2) is 11.9 Å². The van der Waals surface area contributed by atoms with Crippen LogP contribution < -0.4 is 9.47 Å². The van der Waals surface area contributed by atoms with Gasteiger partial charge in [-0.05, 0) is 18.6 Å². The fourth-order valence-corrected chi connectivity index (χ4v) is 1.33. The van der Waals surface area contributed by atoms with Crippen LogP contribution in [0.25, 0.3) is 0 Å². The van der Waals surface area contributed by atoms with Crippen LogP contribution in [0.2, 0.25) is 5.02 Å². The van der Waals surface area contributed by atoms with Crippen molar-refractivity contribution in [1.82, 2.24) is 0 Å². The zero-order chi connectivity index (χ0) is 12.3. The summed E-state index contributed by atoms with van der Waals surface area (Å²) in [6.45, 7) is 4.31. The summed E-state index contributed by atoms with van der Waals surface area (Å²) >= 11 is 5.86. The quantitative estimate of drug-likeness (QED) is 0.591. The van der Waals surface area contributed by atoms with Crippen molar-refractivity contribution in [2.45, 2.75) is 20.8 Å². The Labute approximate surface area is 98.1 Å². The number of esters is 2. The third kappa shape index (κ3) is 3.24. The molecule has 0 saturated carbocycles. The molecule has 0 fully saturated rings. The lowest BCUT2D eigenvalue weighted by atomic mass is 10.2. The second-order valence-corrected chi connectivity index (χ2v) is 3.64. The maximum atomic E-state index is 10.8. The van der Waals surface area contributed by atoms with Crippen LogP contribution in [0.5, 0.6) is 11.5 Å². The first kappa shape index (κ1) is 12.5. The summed E-state index contributed by atoms with van der Waals surface area (Å²) in [5, 5.41) is 0.219. The van der Waals surface area contributed by atoms with E-state index in [1.165, 1.54) is 19.9 Å². The Balaban J connectivity index is 3.06. The summed E-state index contributed by atoms with van der Waals surface area (Å²) in [6, 6.07) is 2.98. The Morgan fingerprint density at radius 2 is 1.56 bits per heavy atom. The number of hydrogen-bond acceptors (Lipinski definition) is 4. The molecule has 0 bridgehead atoms. The molecule has 0 heterocycles. The monoisotopic (exact) mass is 242 g/mol. The van der Waals surface area contributed by atoms with Crippen molar-refractivity contribution in [3.05, 3.63) is 22.7 Å². The van der Waals surface area contributed by atoms with Crippen molar-refractivity contribution in [3.63, 3.8) is 0 Å². The van der Waals surface area contributed by atoms with E-state index >= 15 is 0 Å². The minimum atomic E-state index is -0.457. The van der Waals surface area contributed by atoms with Crippen LogP contribution in [0.4, 0.5) is 0 Å². The number of hydrogen-bond donors (Lipinski definition) is 0. The number of ether oxygens (including phenoxy) is 2. The first-order chi connectivity index (χ1) is 7.40. The molecule has 86 valence electrons. The predicted octanol–water partition coefficient (Wildman–Crippen LogP) is 2.50. The molecular formula is C11H11ClO4. The summed E-state index contributed by atoms with van der Waals surface area (Å²) in [5.41, 5.74) is 0.663. The van der Waals surface area contributed by atoms with Crippen molar-refractivity contribution < 1.29 is 19.1 Å². The molecule has 0 aliphatic heterocycles. The standard InChI is InChI=1S/C11H11ClO4/c1-6-4-11(16-8(3)14)9(12)5-10(6)15-7(2)13/h4-5H,1-3H3. The van der Waals surface area contributed by atoms with Crippen molar-refractivity contribution in [2.24, 2.45) is 0 Å². The van der Waals surface area contributed by atoms with Gasteiger partial charge < -0.3 is 9.47 Å². The Morgan fingerprint density at radius 1 is 1.06 bits per heavy atom. The van der Waals surface area contributed by atoms with Crippen molar-refractivity contribution in [2.75, 3.05) is 0 Å². The molecule has 0 aliphatic rings. The first-order valence-electron chi connectivity index (χ1n) is 4.57. The molecule has 0 N–H and O–H groups in total. The molecule has 1 rings (SSSR count). The second kappa shape index (κ2) is 4.99. The highest BCUT2D eigenvalue weighted by molar-refractivity contribution is 6.32. The molecule has 0 unspecified atom stereocenters. The van der Waals surface area contributed by atoms with Gasteiger partial charge in [-0.1, -0.05) is 11.6 Å². The Kier molecular flexibility index (Phi) is 3.90. The second-order valence-electron chi connectivity index (χ2n) is 3.24. The van der Waals surface area contributed by atoms with Crippen molar-refractivity contribution >= 4 is 23.5 Å². The highest BCUT2D eigenvalue weighted by Gasteiger charge is 2.11. The van der Waals surface area contributed by atoms with Crippen molar-refractivity contribution in [1.29, 1.82) is 0 Å². The zero-order valence-corrected chi connectivity index (χ0v) is 9.92. The number of carbonyl (C=O) groups excluding carboxylic acids is 2. The Morgan fingerprint density at radius 3 is 2.06 bits per heavy atom. The van der Waals surface area contributed by atoms with Gasteiger partial charge in [-0.15, -0.1) is 0 Å². The lowest BCUT2D eigenvalue weighted by Gasteiger charge is -2.09. The third-order valence-electron chi connectivity index (χ3n) is 1.74. The molecule has 1 aromatic carbocycles. The van der Waals surface area contributed by atoms with Gasteiger partial charge in [0.2, 0.25) is 0 Å². The van der Waals surface area contributed by atoms with Crippen LogP contribution in [0.1, 0.15) is 19.4 Å². The zero-order valence-electron chi connectivity index (χ0n) is 9.17. The highest BCUT2D eigenvalue weighted by atomic mass is 35.5. The Bertz CT molecular complexity index is 398. The number of benzene rings is 1. The highest BCUT2D eigenvalue weighted by Crippen LogP contribution is 2.32. The fourth-order valence-electron chi connectivity index (χ4n) is 1.13. The van der Waals surface area contributed by atoms with Crippen molar-refractivity contribution in [3.8, 4) is 11.5 Å². The molecule has 0 amide bonds. The molecule has 0 spiro atoms. The van der Waals surface area contributed by atoms with Crippen LogP contribution >= 0.6 is 11.6 Å². The molecule has 5 heteroatoms. The van der Waals surface area contributed by atoms with Gasteiger partial charge in [-0.2, -0.15) is 0 Å². The molecule has 0 saturated heterocycles. The van der Waals surface area contributed by atoms with Gasteiger partial charge >= 0.3 is 11.9 Å². The molecule has 0 radical (unpaired) electrons. The van der Waals surface area contributed by atoms with Gasteiger partial charge in [-0.25, -0.2) is 0 Å². The lowest BCUT2D eigenvalue weighted by Crippen LogP contribution is -2.05. The van der Waals surface area contributed by atoms with E-state index in [2.05, 4.69) is 0 Å². The summed E-state index contributed by atoms with van der Waals surface area (Å²) in [7, 11) is 0. The number of carbonyl (C=O) groups is 2. The summed E-state index contributed by atoms with van der Waals surface area (Å²) in [6.07, 6.45) is 0. The van der Waals surface area contributed by atoms with E-state index in [0.717, 1.165) is 0 Å². The maximum absolute atomic E-state index is 10.8. The molecule has 0 aliphatic carbocycles. The van der Waals surface area contributed by atoms with Gasteiger partial charge in [-0.3, -0.25) is 9.59 Å².